The van der Waals surface area contributed by atoms with Gasteiger partial charge in [-0.3, -0.25) is 9.78 Å². The Balaban J connectivity index is 1.58. The predicted molar refractivity (Wildman–Crippen MR) is 87.4 cm³/mol. The third-order valence-electron chi connectivity index (χ3n) is 4.51. The van der Waals surface area contributed by atoms with Crippen molar-refractivity contribution in [3.63, 3.8) is 0 Å². The molecule has 118 valence electrons. The van der Waals surface area contributed by atoms with Crippen LogP contribution in [0.2, 0.25) is 0 Å². The lowest BCUT2D eigenvalue weighted by Crippen LogP contribution is -2.32. The minimum absolute atomic E-state index is 0.123. The molecule has 2 heterocycles. The van der Waals surface area contributed by atoms with E-state index in [0.29, 0.717) is 12.6 Å². The van der Waals surface area contributed by atoms with Crippen molar-refractivity contribution in [2.45, 2.75) is 38.3 Å². The zero-order valence-electron chi connectivity index (χ0n) is 13.1. The van der Waals surface area contributed by atoms with Gasteiger partial charge in [0.1, 0.15) is 5.75 Å². The third-order valence-corrected chi connectivity index (χ3v) is 4.51. The van der Waals surface area contributed by atoms with Crippen molar-refractivity contribution >= 4 is 5.91 Å². The Morgan fingerprint density at radius 3 is 2.83 bits per heavy atom. The normalized spacial score (nSPS) is 16.3. The van der Waals surface area contributed by atoms with Crippen molar-refractivity contribution in [1.29, 1.82) is 0 Å². The molecule has 0 atom stereocenters. The molecule has 0 saturated heterocycles. The van der Waals surface area contributed by atoms with Crippen LogP contribution in [0.1, 0.15) is 40.7 Å². The maximum atomic E-state index is 13.0. The lowest BCUT2D eigenvalue weighted by Gasteiger charge is -2.24. The largest absolute Gasteiger partial charge is 0.493 e. The number of aryl methyl sites for hydroxylation is 1. The molecule has 1 amide bonds. The monoisotopic (exact) mass is 308 g/mol. The van der Waals surface area contributed by atoms with Crippen molar-refractivity contribution in [3.8, 4) is 5.75 Å². The van der Waals surface area contributed by atoms with Gasteiger partial charge in [0, 0.05) is 30.5 Å². The van der Waals surface area contributed by atoms with Crippen molar-refractivity contribution in [2.24, 2.45) is 0 Å². The molecule has 23 heavy (non-hydrogen) atoms. The molecule has 2 aliphatic rings. The van der Waals surface area contributed by atoms with E-state index in [1.165, 1.54) is 0 Å². The van der Waals surface area contributed by atoms with Gasteiger partial charge in [-0.1, -0.05) is 0 Å². The number of amides is 1. The van der Waals surface area contributed by atoms with E-state index in [1.54, 1.807) is 12.4 Å². The lowest BCUT2D eigenvalue weighted by molar-refractivity contribution is 0.0729. The summed E-state index contributed by atoms with van der Waals surface area (Å²) in [5, 5.41) is 0. The molecule has 0 bridgehead atoms. The van der Waals surface area contributed by atoms with Crippen LogP contribution in [-0.2, 0) is 13.0 Å². The first-order valence-electron chi connectivity index (χ1n) is 8.27. The van der Waals surface area contributed by atoms with Gasteiger partial charge in [-0.15, -0.1) is 0 Å². The average molecular weight is 308 g/mol. The molecule has 0 N–H and O–H groups in total. The summed E-state index contributed by atoms with van der Waals surface area (Å²) in [5.41, 5.74) is 3.05. The van der Waals surface area contributed by atoms with Crippen LogP contribution in [-0.4, -0.2) is 28.4 Å². The van der Waals surface area contributed by atoms with E-state index < -0.39 is 0 Å². The molecule has 0 spiro atoms. The number of carbonyl (C=O) groups excluding carboxylic acids is 1. The summed E-state index contributed by atoms with van der Waals surface area (Å²) in [6.45, 7) is 1.43. The van der Waals surface area contributed by atoms with E-state index in [1.807, 2.05) is 35.2 Å². The zero-order chi connectivity index (χ0) is 15.6. The summed E-state index contributed by atoms with van der Waals surface area (Å²) >= 11 is 0. The van der Waals surface area contributed by atoms with Crippen molar-refractivity contribution < 1.29 is 9.53 Å². The molecule has 1 saturated carbocycles. The second-order valence-electron chi connectivity index (χ2n) is 6.29. The van der Waals surface area contributed by atoms with Gasteiger partial charge in [0.25, 0.3) is 5.91 Å². The summed E-state index contributed by atoms with van der Waals surface area (Å²) in [4.78, 5) is 19.0. The van der Waals surface area contributed by atoms with E-state index in [0.717, 1.165) is 54.7 Å². The smallest absolute Gasteiger partial charge is 0.254 e. The number of hydrogen-bond acceptors (Lipinski definition) is 3. The standard InChI is InChI=1S/C19H20N2O2/c22-19(16-3-6-18-15(12-16)2-1-11-23-18)21(17-4-5-17)13-14-7-9-20-10-8-14/h3,6-10,12,17H,1-2,4-5,11,13H2. The topological polar surface area (TPSA) is 42.4 Å². The maximum Gasteiger partial charge on any atom is 0.254 e. The maximum absolute atomic E-state index is 13.0. The molecule has 0 unspecified atom stereocenters. The van der Waals surface area contributed by atoms with Gasteiger partial charge in [-0.05, 0) is 67.1 Å². The number of aromatic nitrogens is 1. The summed E-state index contributed by atoms with van der Waals surface area (Å²) in [5.74, 6) is 1.05. The van der Waals surface area contributed by atoms with Gasteiger partial charge in [0.15, 0.2) is 0 Å². The summed E-state index contributed by atoms with van der Waals surface area (Å²) in [6.07, 6.45) is 7.77. The number of ether oxygens (including phenoxy) is 1. The molecule has 0 radical (unpaired) electrons. The first-order valence-corrected chi connectivity index (χ1v) is 8.27. The second kappa shape index (κ2) is 6.03. The highest BCUT2D eigenvalue weighted by molar-refractivity contribution is 5.95. The molecule has 4 heteroatoms. The summed E-state index contributed by atoms with van der Waals surface area (Å²) < 4.78 is 5.64. The number of hydrogen-bond donors (Lipinski definition) is 0. The number of carbonyl (C=O) groups is 1. The van der Waals surface area contributed by atoms with Crippen LogP contribution in [0.3, 0.4) is 0 Å². The summed E-state index contributed by atoms with van der Waals surface area (Å²) in [7, 11) is 0. The van der Waals surface area contributed by atoms with Crippen LogP contribution < -0.4 is 4.74 Å². The van der Waals surface area contributed by atoms with Gasteiger partial charge in [-0.2, -0.15) is 0 Å². The van der Waals surface area contributed by atoms with Crippen molar-refractivity contribution in [2.75, 3.05) is 6.61 Å². The van der Waals surface area contributed by atoms with E-state index in [-0.39, 0.29) is 5.91 Å². The fraction of sp³-hybridized carbons (Fsp3) is 0.368. The van der Waals surface area contributed by atoms with E-state index in [4.69, 9.17) is 4.74 Å². The van der Waals surface area contributed by atoms with Crippen LogP contribution in [0.15, 0.2) is 42.7 Å². The Labute approximate surface area is 136 Å². The molecule has 2 aromatic rings. The van der Waals surface area contributed by atoms with Crippen LogP contribution in [0.5, 0.6) is 5.75 Å². The number of rotatable bonds is 4. The Morgan fingerprint density at radius 1 is 1.22 bits per heavy atom. The first-order chi connectivity index (χ1) is 11.3. The van der Waals surface area contributed by atoms with Gasteiger partial charge < -0.3 is 9.64 Å². The third kappa shape index (κ3) is 3.07. The fourth-order valence-corrected chi connectivity index (χ4v) is 3.10. The van der Waals surface area contributed by atoms with Crippen LogP contribution in [0.4, 0.5) is 0 Å². The Hall–Kier alpha value is -2.36. The van der Waals surface area contributed by atoms with Gasteiger partial charge in [0.05, 0.1) is 6.61 Å². The minimum Gasteiger partial charge on any atom is -0.493 e. The zero-order valence-corrected chi connectivity index (χ0v) is 13.1. The number of fused-ring (bicyclic) bond motifs is 1. The molecular formula is C19H20N2O2. The molecular weight excluding hydrogens is 288 g/mol. The second-order valence-corrected chi connectivity index (χ2v) is 6.29. The summed E-state index contributed by atoms with van der Waals surface area (Å²) in [6, 6.07) is 10.2. The number of pyridine rings is 1. The van der Waals surface area contributed by atoms with Crippen LogP contribution in [0, 0.1) is 0 Å². The Morgan fingerprint density at radius 2 is 2.04 bits per heavy atom. The highest BCUT2D eigenvalue weighted by atomic mass is 16.5. The molecule has 4 nitrogen and oxygen atoms in total. The quantitative estimate of drug-likeness (QED) is 0.871. The Bertz CT molecular complexity index is 711. The number of nitrogens with zero attached hydrogens (tertiary/aromatic N) is 2. The Kier molecular flexibility index (Phi) is 3.74. The SMILES string of the molecule is O=C(c1ccc2c(c1)CCCO2)N(Cc1ccncc1)C1CC1. The van der Waals surface area contributed by atoms with Crippen LogP contribution in [0.25, 0.3) is 0 Å². The molecule has 1 fully saturated rings. The minimum atomic E-state index is 0.123. The van der Waals surface area contributed by atoms with Crippen molar-refractivity contribution in [1.82, 2.24) is 9.88 Å². The van der Waals surface area contributed by atoms with E-state index in [2.05, 4.69) is 4.98 Å². The average Bonchev–Trinajstić information content (AvgIpc) is 3.44. The number of benzene rings is 1. The van der Waals surface area contributed by atoms with Gasteiger partial charge >= 0.3 is 0 Å². The molecule has 1 aromatic heterocycles. The first kappa shape index (κ1) is 14.2. The van der Waals surface area contributed by atoms with Gasteiger partial charge in [0.2, 0.25) is 0 Å². The lowest BCUT2D eigenvalue weighted by atomic mass is 10.0. The van der Waals surface area contributed by atoms with Crippen molar-refractivity contribution in [3.05, 3.63) is 59.4 Å². The van der Waals surface area contributed by atoms with Crippen LogP contribution >= 0.6 is 0 Å². The van der Waals surface area contributed by atoms with E-state index in [9.17, 15) is 4.79 Å². The highest BCUT2D eigenvalue weighted by Crippen LogP contribution is 2.31. The molecule has 1 aliphatic heterocycles. The molecule has 1 aliphatic carbocycles. The predicted octanol–water partition coefficient (Wildman–Crippen LogP) is 3.21. The molecule has 4 rings (SSSR count). The highest BCUT2D eigenvalue weighted by Gasteiger charge is 2.33. The van der Waals surface area contributed by atoms with Gasteiger partial charge in [-0.25, -0.2) is 0 Å². The van der Waals surface area contributed by atoms with E-state index >= 15 is 0 Å². The fourth-order valence-electron chi connectivity index (χ4n) is 3.10. The molecule has 1 aromatic carbocycles.